The molecule has 1 N–H and O–H groups in total. The number of ether oxygens (including phenoxy) is 1. The minimum atomic E-state index is -5.36. The molecule has 0 aromatic heterocycles. The molecule has 2 aromatic rings. The molecule has 2 aromatic carbocycles. The van der Waals surface area contributed by atoms with Gasteiger partial charge in [-0.1, -0.05) is 23.9 Å². The smallest absolute Gasteiger partial charge is 0.418 e. The van der Waals surface area contributed by atoms with E-state index in [9.17, 15) is 41.0 Å². The summed E-state index contributed by atoms with van der Waals surface area (Å²) in [4.78, 5) is 26.6. The van der Waals surface area contributed by atoms with Crippen LogP contribution in [0.1, 0.15) is 29.5 Å². The predicted molar refractivity (Wildman–Crippen MR) is 136 cm³/mol. The van der Waals surface area contributed by atoms with Crippen molar-refractivity contribution in [3.63, 3.8) is 0 Å². The van der Waals surface area contributed by atoms with Gasteiger partial charge in [-0.05, 0) is 48.7 Å². The number of hydrogen-bond donors (Lipinski definition) is 1. The lowest BCUT2D eigenvalue weighted by Gasteiger charge is -2.32. The van der Waals surface area contributed by atoms with Gasteiger partial charge in [0.05, 0.1) is 30.3 Å². The fraction of sp³-hybridized carbons (Fsp3) is 0.407. The number of aliphatic carboxylic acids is 1. The largest absolute Gasteiger partial charge is 0.481 e. The van der Waals surface area contributed by atoms with Crippen molar-refractivity contribution in [3.8, 4) is 0 Å². The van der Waals surface area contributed by atoms with Gasteiger partial charge in [-0.15, -0.1) is 0 Å². The van der Waals surface area contributed by atoms with Gasteiger partial charge in [-0.2, -0.15) is 26.3 Å². The van der Waals surface area contributed by atoms with E-state index in [-0.39, 0.29) is 37.7 Å². The molecule has 0 aliphatic carbocycles. The lowest BCUT2D eigenvalue weighted by atomic mass is 9.98. The van der Waals surface area contributed by atoms with E-state index in [0.717, 1.165) is 24.3 Å². The van der Waals surface area contributed by atoms with Crippen molar-refractivity contribution >= 4 is 35.4 Å². The summed E-state index contributed by atoms with van der Waals surface area (Å²) in [6.07, 6.45) is -7.97. The van der Waals surface area contributed by atoms with E-state index in [4.69, 9.17) is 4.74 Å². The second-order valence-corrected chi connectivity index (χ2v) is 10.5. The van der Waals surface area contributed by atoms with E-state index in [1.165, 1.54) is 17.0 Å². The maximum absolute atomic E-state index is 14.2. The van der Waals surface area contributed by atoms with Crippen LogP contribution >= 0.6 is 11.8 Å². The molecule has 1 amide bonds. The second-order valence-electron chi connectivity index (χ2n) is 9.39. The number of carbonyl (C=O) groups is 2. The van der Waals surface area contributed by atoms with Gasteiger partial charge in [0.2, 0.25) is 5.91 Å². The van der Waals surface area contributed by atoms with E-state index in [1.54, 1.807) is 17.0 Å². The van der Waals surface area contributed by atoms with E-state index >= 15 is 0 Å². The zero-order valence-corrected chi connectivity index (χ0v) is 21.9. The number of anilines is 1. The molecular weight excluding hydrogens is 562 g/mol. The highest BCUT2D eigenvalue weighted by Gasteiger charge is 2.46. The van der Waals surface area contributed by atoms with E-state index < -0.39 is 51.7 Å². The Morgan fingerprint density at radius 3 is 2.33 bits per heavy atom. The van der Waals surface area contributed by atoms with Crippen LogP contribution in [0.3, 0.4) is 0 Å². The maximum Gasteiger partial charge on any atom is 0.418 e. The van der Waals surface area contributed by atoms with Crippen molar-refractivity contribution in [2.24, 2.45) is 5.92 Å². The molecule has 0 unspecified atom stereocenters. The van der Waals surface area contributed by atoms with Gasteiger partial charge >= 0.3 is 18.3 Å². The first kappa shape index (κ1) is 29.8. The molecule has 2 fully saturated rings. The average Bonchev–Trinajstić information content (AvgIpc) is 2.91. The SMILES string of the molecule is O=C(O)[C@H]1CCCN(c2cccc(Sc3ccc(/C=C/C(=O)N4CCOCC4)c(C(F)(F)F)c3C(F)(F)F)c2)C1. The lowest BCUT2D eigenvalue weighted by molar-refractivity contribution is -0.163. The zero-order valence-electron chi connectivity index (χ0n) is 21.1. The van der Waals surface area contributed by atoms with Crippen LogP contribution in [0.25, 0.3) is 6.08 Å². The standard InChI is InChI=1S/C27H26F6N2O4S/c28-26(29,30)23-17(7-9-22(36)34-11-13-39-14-12-34)6-8-21(24(23)27(31,32)33)40-20-5-1-4-19(15-20)35-10-2-3-18(16-35)25(37)38/h1,4-9,15,18H,2-3,10-14,16H2,(H,37,38)/b9-7+/t18-/m0/s1. The summed E-state index contributed by atoms with van der Waals surface area (Å²) in [5, 5.41) is 9.35. The summed E-state index contributed by atoms with van der Waals surface area (Å²) in [6, 6.07) is 8.16. The van der Waals surface area contributed by atoms with Crippen molar-refractivity contribution in [3.05, 3.63) is 59.2 Å². The molecule has 0 saturated carbocycles. The quantitative estimate of drug-likeness (QED) is 0.328. The molecule has 1 atom stereocenters. The van der Waals surface area contributed by atoms with Crippen LogP contribution in [0.5, 0.6) is 0 Å². The van der Waals surface area contributed by atoms with Crippen LogP contribution in [-0.4, -0.2) is 61.3 Å². The third kappa shape index (κ3) is 7.11. The Morgan fingerprint density at radius 1 is 0.975 bits per heavy atom. The van der Waals surface area contributed by atoms with Crippen molar-refractivity contribution in [1.29, 1.82) is 0 Å². The van der Waals surface area contributed by atoms with Gasteiger partial charge in [0.15, 0.2) is 0 Å². The third-order valence-electron chi connectivity index (χ3n) is 6.68. The highest BCUT2D eigenvalue weighted by molar-refractivity contribution is 7.99. The molecule has 40 heavy (non-hydrogen) atoms. The van der Waals surface area contributed by atoms with Crippen LogP contribution in [0.4, 0.5) is 32.0 Å². The predicted octanol–water partition coefficient (Wildman–Crippen LogP) is 6.05. The first-order valence-corrected chi connectivity index (χ1v) is 13.3. The molecular formula is C27H26F6N2O4S. The van der Waals surface area contributed by atoms with Crippen LogP contribution in [0.2, 0.25) is 0 Å². The second kappa shape index (κ2) is 12.1. The highest BCUT2D eigenvalue weighted by Crippen LogP contribution is 2.48. The summed E-state index contributed by atoms with van der Waals surface area (Å²) >= 11 is 0.536. The maximum atomic E-state index is 14.2. The molecule has 216 valence electrons. The molecule has 2 aliphatic rings. The first-order valence-electron chi connectivity index (χ1n) is 12.5. The average molecular weight is 589 g/mol. The van der Waals surface area contributed by atoms with Crippen molar-refractivity contribution in [1.82, 2.24) is 4.90 Å². The number of carboxylic acids is 1. The summed E-state index contributed by atoms with van der Waals surface area (Å²) < 4.78 is 90.2. The Labute approximate surface area is 230 Å². The summed E-state index contributed by atoms with van der Waals surface area (Å²) in [5.74, 6) is -2.15. The van der Waals surface area contributed by atoms with Crippen LogP contribution < -0.4 is 4.90 Å². The Bertz CT molecular complexity index is 1270. The monoisotopic (exact) mass is 588 g/mol. The molecule has 0 bridgehead atoms. The van der Waals surface area contributed by atoms with Gasteiger partial charge in [0.25, 0.3) is 0 Å². The Hall–Kier alpha value is -3.19. The van der Waals surface area contributed by atoms with Crippen LogP contribution in [0.15, 0.2) is 52.3 Å². The molecule has 2 aliphatic heterocycles. The zero-order chi connectivity index (χ0) is 29.1. The molecule has 6 nitrogen and oxygen atoms in total. The number of carbonyl (C=O) groups excluding carboxylic acids is 1. The van der Waals surface area contributed by atoms with E-state index in [1.807, 2.05) is 0 Å². The van der Waals surface area contributed by atoms with Gasteiger partial charge in [0, 0.05) is 47.7 Å². The number of benzene rings is 2. The van der Waals surface area contributed by atoms with Crippen molar-refractivity contribution in [2.45, 2.75) is 35.0 Å². The summed E-state index contributed by atoms with van der Waals surface area (Å²) in [5.41, 5.74) is -3.90. The Morgan fingerprint density at radius 2 is 1.68 bits per heavy atom. The minimum Gasteiger partial charge on any atom is -0.481 e. The number of rotatable bonds is 6. The Kier molecular flexibility index (Phi) is 9.03. The molecule has 4 rings (SSSR count). The van der Waals surface area contributed by atoms with Gasteiger partial charge < -0.3 is 19.6 Å². The normalized spacial score (nSPS) is 18.8. The number of nitrogens with zero attached hydrogens (tertiary/aromatic N) is 2. The molecule has 2 saturated heterocycles. The molecule has 0 spiro atoms. The number of amides is 1. The number of alkyl halides is 6. The number of carboxylic acid groups (broad SMARTS) is 1. The third-order valence-corrected chi connectivity index (χ3v) is 7.73. The fourth-order valence-corrected chi connectivity index (χ4v) is 5.78. The fourth-order valence-electron chi connectivity index (χ4n) is 4.74. The number of hydrogen-bond acceptors (Lipinski definition) is 5. The summed E-state index contributed by atoms with van der Waals surface area (Å²) in [7, 11) is 0. The topological polar surface area (TPSA) is 70.1 Å². The first-order chi connectivity index (χ1) is 18.8. The Balaban J connectivity index is 1.68. The summed E-state index contributed by atoms with van der Waals surface area (Å²) in [6.45, 7) is 1.75. The van der Waals surface area contributed by atoms with Gasteiger partial charge in [-0.25, -0.2) is 0 Å². The highest BCUT2D eigenvalue weighted by atomic mass is 32.2. The molecule has 2 heterocycles. The van der Waals surface area contributed by atoms with Gasteiger partial charge in [0.1, 0.15) is 0 Å². The van der Waals surface area contributed by atoms with Gasteiger partial charge in [-0.3, -0.25) is 9.59 Å². The minimum absolute atomic E-state index is 0.222. The van der Waals surface area contributed by atoms with Crippen LogP contribution in [0, 0.1) is 5.92 Å². The number of morpholine rings is 1. The van der Waals surface area contributed by atoms with Crippen LogP contribution in [-0.2, 0) is 26.7 Å². The number of piperidine rings is 1. The molecule has 13 heteroatoms. The molecule has 0 radical (unpaired) electrons. The van der Waals surface area contributed by atoms with Crippen molar-refractivity contribution in [2.75, 3.05) is 44.3 Å². The lowest BCUT2D eigenvalue weighted by Crippen LogP contribution is -2.39. The van der Waals surface area contributed by atoms with E-state index in [0.29, 0.717) is 36.8 Å². The van der Waals surface area contributed by atoms with Crippen molar-refractivity contribution < 1.29 is 45.8 Å². The van der Waals surface area contributed by atoms with E-state index in [2.05, 4.69) is 0 Å². The number of halogens is 6.